The van der Waals surface area contributed by atoms with E-state index in [4.69, 9.17) is 14.7 Å². The molecule has 9 nitrogen and oxygen atoms in total. The second kappa shape index (κ2) is 7.84. The molecule has 0 atom stereocenters. The number of carbonyl (C=O) groups excluding carboxylic acids is 1. The molecular weight excluding hydrogens is 374 g/mol. The molecule has 1 aliphatic rings. The summed E-state index contributed by atoms with van der Waals surface area (Å²) in [6.07, 6.45) is 0. The van der Waals surface area contributed by atoms with E-state index in [1.165, 1.54) is 19.1 Å². The Kier molecular flexibility index (Phi) is 5.51. The number of amidine groups is 1. The fourth-order valence-electron chi connectivity index (χ4n) is 2.41. The molecule has 10 heteroatoms. The van der Waals surface area contributed by atoms with Gasteiger partial charge in [-0.05, 0) is 37.3 Å². The van der Waals surface area contributed by atoms with Crippen molar-refractivity contribution in [3.05, 3.63) is 48.0 Å². The van der Waals surface area contributed by atoms with Gasteiger partial charge >= 0.3 is 0 Å². The Morgan fingerprint density at radius 3 is 2.81 bits per heavy atom. The van der Waals surface area contributed by atoms with Crippen LogP contribution in [0.25, 0.3) is 0 Å². The maximum atomic E-state index is 12.1. The highest BCUT2D eigenvalue weighted by Crippen LogP contribution is 2.51. The van der Waals surface area contributed by atoms with Gasteiger partial charge in [0, 0.05) is 18.2 Å². The second-order valence-corrected chi connectivity index (χ2v) is 7.50. The molecule has 0 spiro atoms. The number of hydrogen-bond donors (Lipinski definition) is 5. The third kappa shape index (κ3) is 4.49. The lowest BCUT2D eigenvalue weighted by atomic mass is 10.2. The number of amides is 1. The summed E-state index contributed by atoms with van der Waals surface area (Å²) in [7, 11) is -3.19. The Morgan fingerprint density at radius 2 is 2.04 bits per heavy atom. The average molecular weight is 393 g/mol. The predicted octanol–water partition coefficient (Wildman–Crippen LogP) is 3.02. The topological polar surface area (TPSA) is 133 Å². The SMILES string of the molecule is CC(=NO)NC(=O)c1cccc(Oc2ccc3c(c2)S(O)(O)NCCO3)c1. The minimum Gasteiger partial charge on any atom is -0.490 e. The van der Waals surface area contributed by atoms with Gasteiger partial charge in [0.25, 0.3) is 5.91 Å². The van der Waals surface area contributed by atoms with Crippen LogP contribution in [0.4, 0.5) is 0 Å². The third-order valence-corrected chi connectivity index (χ3v) is 5.20. The molecule has 0 bridgehead atoms. The standard InChI is InChI=1S/C17H19N3O6S/c1-11(20-22)19-17(21)12-3-2-4-13(9-12)26-14-5-6-15-16(10-14)27(23,24)18-7-8-25-15/h2-6,9-10,18,22-24H,7-8H2,1H3,(H,19,20,21). The lowest BCUT2D eigenvalue weighted by molar-refractivity contribution is 0.0975. The highest BCUT2D eigenvalue weighted by molar-refractivity contribution is 8.22. The molecule has 0 radical (unpaired) electrons. The summed E-state index contributed by atoms with van der Waals surface area (Å²) in [5.74, 6) is 0.713. The van der Waals surface area contributed by atoms with E-state index in [0.717, 1.165) is 0 Å². The van der Waals surface area contributed by atoms with E-state index in [9.17, 15) is 13.9 Å². The number of carbonyl (C=O) groups is 1. The van der Waals surface area contributed by atoms with Crippen molar-refractivity contribution in [3.63, 3.8) is 0 Å². The Bertz CT molecular complexity index is 887. The van der Waals surface area contributed by atoms with Crippen LogP contribution in [0.15, 0.2) is 52.5 Å². The van der Waals surface area contributed by atoms with E-state index >= 15 is 0 Å². The van der Waals surface area contributed by atoms with Crippen LogP contribution in [0.3, 0.4) is 0 Å². The van der Waals surface area contributed by atoms with Crippen LogP contribution in [-0.4, -0.2) is 39.2 Å². The Labute approximate surface area is 157 Å². The summed E-state index contributed by atoms with van der Waals surface area (Å²) in [6.45, 7) is 2.07. The molecule has 0 fully saturated rings. The third-order valence-electron chi connectivity index (χ3n) is 3.66. The first kappa shape index (κ1) is 19.0. The van der Waals surface area contributed by atoms with E-state index in [1.54, 1.807) is 30.3 Å². The Balaban J connectivity index is 1.83. The van der Waals surface area contributed by atoms with Crippen molar-refractivity contribution in [3.8, 4) is 17.2 Å². The van der Waals surface area contributed by atoms with E-state index in [1.807, 2.05) is 0 Å². The molecule has 0 aliphatic carbocycles. The number of oxime groups is 1. The van der Waals surface area contributed by atoms with E-state index in [-0.39, 0.29) is 10.7 Å². The van der Waals surface area contributed by atoms with Crippen molar-refractivity contribution in [2.24, 2.45) is 5.16 Å². The summed E-state index contributed by atoms with van der Waals surface area (Å²) in [6, 6.07) is 11.1. The maximum Gasteiger partial charge on any atom is 0.256 e. The zero-order valence-corrected chi connectivity index (χ0v) is 15.2. The first-order valence-electron chi connectivity index (χ1n) is 7.97. The number of benzene rings is 2. The van der Waals surface area contributed by atoms with Gasteiger partial charge in [0.15, 0.2) is 0 Å². The number of ether oxygens (including phenoxy) is 2. The first-order valence-corrected chi connectivity index (χ1v) is 9.51. The molecule has 27 heavy (non-hydrogen) atoms. The van der Waals surface area contributed by atoms with Crippen LogP contribution in [0, 0.1) is 0 Å². The van der Waals surface area contributed by atoms with Crippen LogP contribution in [-0.2, 0) is 0 Å². The number of nitrogens with one attached hydrogen (secondary N) is 2. The molecule has 3 rings (SSSR count). The van der Waals surface area contributed by atoms with Gasteiger partial charge in [-0.1, -0.05) is 11.2 Å². The number of hydrogen-bond acceptors (Lipinski definition) is 8. The summed E-state index contributed by atoms with van der Waals surface area (Å²) in [5.41, 5.74) is 0.305. The normalized spacial score (nSPS) is 17.1. The lowest BCUT2D eigenvalue weighted by Gasteiger charge is -2.31. The Hall–Kier alpha value is -2.79. The molecule has 5 N–H and O–H groups in total. The molecule has 1 amide bonds. The lowest BCUT2D eigenvalue weighted by Crippen LogP contribution is -2.28. The predicted molar refractivity (Wildman–Crippen MR) is 99.9 cm³/mol. The zero-order valence-electron chi connectivity index (χ0n) is 14.4. The van der Waals surface area contributed by atoms with Gasteiger partial charge in [0.05, 0.1) is 0 Å². The summed E-state index contributed by atoms with van der Waals surface area (Å²) >= 11 is 0. The first-order chi connectivity index (χ1) is 12.9. The van der Waals surface area contributed by atoms with Gasteiger partial charge in [0.1, 0.15) is 34.6 Å². The minimum absolute atomic E-state index is 0.0646. The smallest absolute Gasteiger partial charge is 0.256 e. The van der Waals surface area contributed by atoms with Crippen LogP contribution in [0.5, 0.6) is 17.2 Å². The molecule has 0 aromatic heterocycles. The van der Waals surface area contributed by atoms with Crippen LogP contribution in [0.2, 0.25) is 0 Å². The van der Waals surface area contributed by atoms with E-state index in [2.05, 4.69) is 15.2 Å². The fourth-order valence-corrected chi connectivity index (χ4v) is 3.63. The van der Waals surface area contributed by atoms with Crippen LogP contribution in [0.1, 0.15) is 17.3 Å². The summed E-state index contributed by atoms with van der Waals surface area (Å²) < 4.78 is 34.3. The summed E-state index contributed by atoms with van der Waals surface area (Å²) in [5, 5.41) is 13.9. The largest absolute Gasteiger partial charge is 0.490 e. The van der Waals surface area contributed by atoms with Crippen LogP contribution >= 0.6 is 10.8 Å². The van der Waals surface area contributed by atoms with Gasteiger partial charge in [0.2, 0.25) is 0 Å². The molecule has 144 valence electrons. The molecule has 0 unspecified atom stereocenters. The minimum atomic E-state index is -3.19. The van der Waals surface area contributed by atoms with Gasteiger partial charge < -0.3 is 20.0 Å². The van der Waals surface area contributed by atoms with E-state index < -0.39 is 16.7 Å². The van der Waals surface area contributed by atoms with Crippen LogP contribution < -0.4 is 19.5 Å². The average Bonchev–Trinajstić information content (AvgIpc) is 2.80. The Morgan fingerprint density at radius 1 is 1.26 bits per heavy atom. The molecular formula is C17H19N3O6S. The molecule has 2 aromatic carbocycles. The summed E-state index contributed by atoms with van der Waals surface area (Å²) in [4.78, 5) is 12.3. The van der Waals surface area contributed by atoms with Crippen molar-refractivity contribution >= 4 is 22.5 Å². The van der Waals surface area contributed by atoms with Crippen molar-refractivity contribution in [1.29, 1.82) is 0 Å². The van der Waals surface area contributed by atoms with Gasteiger partial charge in [-0.2, -0.15) is 0 Å². The van der Waals surface area contributed by atoms with Gasteiger partial charge in [-0.25, -0.2) is 4.72 Å². The maximum absolute atomic E-state index is 12.1. The highest BCUT2D eigenvalue weighted by atomic mass is 32.3. The van der Waals surface area contributed by atoms with Crippen molar-refractivity contribution in [1.82, 2.24) is 10.0 Å². The molecule has 0 saturated heterocycles. The number of nitrogens with zero attached hydrogens (tertiary/aromatic N) is 1. The van der Waals surface area contributed by atoms with Gasteiger partial charge in [-0.15, -0.1) is 10.8 Å². The quantitative estimate of drug-likeness (QED) is 0.234. The second-order valence-electron chi connectivity index (χ2n) is 5.67. The highest BCUT2D eigenvalue weighted by Gasteiger charge is 2.24. The monoisotopic (exact) mass is 393 g/mol. The zero-order chi connectivity index (χ0) is 19.4. The molecule has 0 saturated carbocycles. The fraction of sp³-hybridized carbons (Fsp3) is 0.176. The molecule has 2 aromatic rings. The van der Waals surface area contributed by atoms with Gasteiger partial charge in [-0.3, -0.25) is 13.9 Å². The molecule has 1 heterocycles. The van der Waals surface area contributed by atoms with Crippen molar-refractivity contribution in [2.45, 2.75) is 11.8 Å². The van der Waals surface area contributed by atoms with Crippen molar-refractivity contribution in [2.75, 3.05) is 13.2 Å². The number of rotatable bonds is 3. The van der Waals surface area contributed by atoms with Crippen molar-refractivity contribution < 1.29 is 28.6 Å². The molecule has 1 aliphatic heterocycles. The number of fused-ring (bicyclic) bond motifs is 1. The van der Waals surface area contributed by atoms with E-state index in [0.29, 0.717) is 36.0 Å².